The van der Waals surface area contributed by atoms with Crippen LogP contribution in [0.5, 0.6) is 0 Å². The predicted molar refractivity (Wildman–Crippen MR) is 80.6 cm³/mol. The molecule has 1 aliphatic rings. The number of methoxy groups -OCH3 is 1. The molecule has 0 aliphatic heterocycles. The van der Waals surface area contributed by atoms with E-state index in [1.165, 1.54) is 7.11 Å². The van der Waals surface area contributed by atoms with Crippen molar-refractivity contribution in [3.63, 3.8) is 0 Å². The molecule has 0 unspecified atom stereocenters. The zero-order valence-electron chi connectivity index (χ0n) is 13.8. The quantitative estimate of drug-likeness (QED) is 0.581. The lowest BCUT2D eigenvalue weighted by Gasteiger charge is -2.39. The van der Waals surface area contributed by atoms with Gasteiger partial charge in [-0.3, -0.25) is 4.79 Å². The van der Waals surface area contributed by atoms with Gasteiger partial charge >= 0.3 is 5.97 Å². The summed E-state index contributed by atoms with van der Waals surface area (Å²) in [4.78, 5) is 12.0. The van der Waals surface area contributed by atoms with Gasteiger partial charge in [0, 0.05) is 0 Å². The molecule has 0 spiro atoms. The van der Waals surface area contributed by atoms with Crippen molar-refractivity contribution in [2.75, 3.05) is 7.11 Å². The van der Waals surface area contributed by atoms with Gasteiger partial charge in [-0.25, -0.2) is 0 Å². The standard InChI is InChI=1S/C15H30O3Si/c1-14(2,3)19(7,8)18-12-10-15(4,5)9-11(12)13(16)17-6/h11-12H,9-10H2,1-8H3/t11-,12-/m1/s1. The molecule has 1 fully saturated rings. The van der Waals surface area contributed by atoms with Crippen LogP contribution in [-0.4, -0.2) is 27.5 Å². The van der Waals surface area contributed by atoms with E-state index in [4.69, 9.17) is 9.16 Å². The van der Waals surface area contributed by atoms with Crippen molar-refractivity contribution in [2.24, 2.45) is 11.3 Å². The summed E-state index contributed by atoms with van der Waals surface area (Å²) >= 11 is 0. The van der Waals surface area contributed by atoms with Crippen molar-refractivity contribution in [2.45, 2.75) is 71.7 Å². The third-order valence-corrected chi connectivity index (χ3v) is 9.24. The molecule has 1 aliphatic carbocycles. The Morgan fingerprint density at radius 3 is 2.16 bits per heavy atom. The SMILES string of the molecule is COC(=O)[C@@H]1CC(C)(C)C[C@H]1O[Si](C)(C)C(C)(C)C. The van der Waals surface area contributed by atoms with Crippen LogP contribution in [0, 0.1) is 11.3 Å². The molecule has 0 aromatic rings. The highest BCUT2D eigenvalue weighted by Crippen LogP contribution is 2.46. The topological polar surface area (TPSA) is 35.5 Å². The highest BCUT2D eigenvalue weighted by Gasteiger charge is 2.48. The fraction of sp³-hybridized carbons (Fsp3) is 0.933. The van der Waals surface area contributed by atoms with Crippen LogP contribution in [-0.2, 0) is 14.0 Å². The van der Waals surface area contributed by atoms with Crippen molar-refractivity contribution in [3.8, 4) is 0 Å². The molecule has 0 heterocycles. The van der Waals surface area contributed by atoms with Crippen molar-refractivity contribution in [1.82, 2.24) is 0 Å². The van der Waals surface area contributed by atoms with E-state index >= 15 is 0 Å². The Morgan fingerprint density at radius 2 is 1.74 bits per heavy atom. The second-order valence-corrected chi connectivity index (χ2v) is 12.9. The van der Waals surface area contributed by atoms with Crippen LogP contribution in [0.2, 0.25) is 18.1 Å². The summed E-state index contributed by atoms with van der Waals surface area (Å²) in [7, 11) is -0.371. The normalized spacial score (nSPS) is 27.4. The average molecular weight is 286 g/mol. The molecule has 1 rings (SSSR count). The third-order valence-electron chi connectivity index (χ3n) is 4.73. The van der Waals surface area contributed by atoms with E-state index in [9.17, 15) is 4.79 Å². The fourth-order valence-electron chi connectivity index (χ4n) is 2.56. The first-order valence-corrected chi connectivity index (χ1v) is 10.1. The zero-order chi connectivity index (χ0) is 15.1. The van der Waals surface area contributed by atoms with Gasteiger partial charge in [-0.1, -0.05) is 34.6 Å². The number of rotatable bonds is 3. The minimum Gasteiger partial charge on any atom is -0.469 e. The van der Waals surface area contributed by atoms with Gasteiger partial charge in [-0.05, 0) is 36.4 Å². The Hall–Kier alpha value is -0.353. The highest BCUT2D eigenvalue weighted by molar-refractivity contribution is 6.74. The lowest BCUT2D eigenvalue weighted by molar-refractivity contribution is -0.148. The molecule has 0 radical (unpaired) electrons. The van der Waals surface area contributed by atoms with E-state index in [-0.39, 0.29) is 28.4 Å². The van der Waals surface area contributed by atoms with Gasteiger partial charge < -0.3 is 9.16 Å². The Morgan fingerprint density at radius 1 is 1.21 bits per heavy atom. The average Bonchev–Trinajstić information content (AvgIpc) is 2.50. The maximum atomic E-state index is 12.0. The summed E-state index contributed by atoms with van der Waals surface area (Å²) in [5.41, 5.74) is 0.159. The molecule has 0 aromatic heterocycles. The number of ether oxygens (including phenoxy) is 1. The maximum Gasteiger partial charge on any atom is 0.311 e. The fourth-order valence-corrected chi connectivity index (χ4v) is 3.92. The second kappa shape index (κ2) is 5.21. The summed E-state index contributed by atoms with van der Waals surface area (Å²) in [6.45, 7) is 15.6. The first-order chi connectivity index (χ1) is 8.39. The van der Waals surface area contributed by atoms with Crippen LogP contribution in [0.4, 0.5) is 0 Å². The van der Waals surface area contributed by atoms with E-state index < -0.39 is 8.32 Å². The number of esters is 1. The Bertz CT molecular complexity index is 342. The Kier molecular flexibility index (Phi) is 4.58. The van der Waals surface area contributed by atoms with Crippen molar-refractivity contribution >= 4 is 14.3 Å². The van der Waals surface area contributed by atoms with Gasteiger partial charge in [-0.15, -0.1) is 0 Å². The molecule has 1 saturated carbocycles. The van der Waals surface area contributed by atoms with E-state index in [0.29, 0.717) is 0 Å². The molecule has 4 heteroatoms. The Balaban J connectivity index is 2.89. The predicted octanol–water partition coefficient (Wildman–Crippen LogP) is 3.99. The van der Waals surface area contributed by atoms with Gasteiger partial charge in [-0.2, -0.15) is 0 Å². The molecule has 2 atom stereocenters. The molecule has 0 saturated heterocycles. The summed E-state index contributed by atoms with van der Waals surface area (Å²) in [6, 6.07) is 0. The van der Waals surface area contributed by atoms with Gasteiger partial charge in [0.05, 0.1) is 19.1 Å². The molecule has 0 amide bonds. The first kappa shape index (κ1) is 16.7. The minimum atomic E-state index is -1.84. The monoisotopic (exact) mass is 286 g/mol. The van der Waals surface area contributed by atoms with E-state index in [1.807, 2.05) is 0 Å². The van der Waals surface area contributed by atoms with Gasteiger partial charge in [0.1, 0.15) is 0 Å². The molecule has 0 bridgehead atoms. The second-order valence-electron chi connectivity index (χ2n) is 8.12. The van der Waals surface area contributed by atoms with Crippen LogP contribution < -0.4 is 0 Å². The van der Waals surface area contributed by atoms with E-state index in [0.717, 1.165) is 12.8 Å². The molecular weight excluding hydrogens is 256 g/mol. The molecule has 19 heavy (non-hydrogen) atoms. The van der Waals surface area contributed by atoms with Crippen LogP contribution in [0.25, 0.3) is 0 Å². The van der Waals surface area contributed by atoms with Gasteiger partial charge in [0.25, 0.3) is 0 Å². The molecular formula is C15H30O3Si. The van der Waals surface area contributed by atoms with Gasteiger partial charge in [0.2, 0.25) is 0 Å². The third kappa shape index (κ3) is 3.82. The van der Waals surface area contributed by atoms with Crippen molar-refractivity contribution in [1.29, 1.82) is 0 Å². The molecule has 0 N–H and O–H groups in total. The molecule has 112 valence electrons. The van der Waals surface area contributed by atoms with Crippen LogP contribution in [0.15, 0.2) is 0 Å². The van der Waals surface area contributed by atoms with Crippen LogP contribution in [0.1, 0.15) is 47.5 Å². The lowest BCUT2D eigenvalue weighted by Crippen LogP contribution is -2.45. The summed E-state index contributed by atoms with van der Waals surface area (Å²) < 4.78 is 11.4. The van der Waals surface area contributed by atoms with Crippen molar-refractivity contribution < 1.29 is 14.0 Å². The number of hydrogen-bond acceptors (Lipinski definition) is 3. The zero-order valence-corrected chi connectivity index (χ0v) is 14.8. The van der Waals surface area contributed by atoms with Crippen molar-refractivity contribution in [3.05, 3.63) is 0 Å². The smallest absolute Gasteiger partial charge is 0.311 e. The minimum absolute atomic E-state index is 0.0170. The highest BCUT2D eigenvalue weighted by atomic mass is 28.4. The van der Waals surface area contributed by atoms with E-state index in [2.05, 4.69) is 47.7 Å². The Labute approximate surface area is 119 Å². The van der Waals surface area contributed by atoms with Gasteiger partial charge in [0.15, 0.2) is 8.32 Å². The maximum absolute atomic E-state index is 12.0. The number of carbonyl (C=O) groups is 1. The number of hydrogen-bond donors (Lipinski definition) is 0. The lowest BCUT2D eigenvalue weighted by atomic mass is 9.91. The van der Waals surface area contributed by atoms with E-state index in [1.54, 1.807) is 0 Å². The molecule has 3 nitrogen and oxygen atoms in total. The summed E-state index contributed by atoms with van der Waals surface area (Å²) in [6.07, 6.45) is 1.82. The molecule has 0 aromatic carbocycles. The first-order valence-electron chi connectivity index (χ1n) is 7.15. The summed E-state index contributed by atoms with van der Waals surface area (Å²) in [5.74, 6) is -0.219. The van der Waals surface area contributed by atoms with Crippen LogP contribution in [0.3, 0.4) is 0 Å². The van der Waals surface area contributed by atoms with Crippen LogP contribution >= 0.6 is 0 Å². The summed E-state index contributed by atoms with van der Waals surface area (Å²) in [5, 5.41) is 0.167. The number of carbonyl (C=O) groups excluding carboxylic acids is 1. The largest absolute Gasteiger partial charge is 0.469 e.